The normalized spacial score (nSPS) is 23.3. The Balaban J connectivity index is 1.81. The highest BCUT2D eigenvalue weighted by Crippen LogP contribution is 2.05. The molecule has 1 N–H and O–H groups in total. The zero-order valence-electron chi connectivity index (χ0n) is 8.07. The van der Waals surface area contributed by atoms with Crippen LogP contribution in [0.15, 0.2) is 35.2 Å². The van der Waals surface area contributed by atoms with Crippen molar-refractivity contribution in [3.05, 3.63) is 30.2 Å². The zero-order chi connectivity index (χ0) is 9.64. The van der Waals surface area contributed by atoms with Crippen molar-refractivity contribution >= 4 is 5.90 Å². The molecule has 14 heavy (non-hydrogen) atoms. The fourth-order valence-corrected chi connectivity index (χ4v) is 1.27. The van der Waals surface area contributed by atoms with Crippen molar-refractivity contribution in [3.63, 3.8) is 0 Å². The van der Waals surface area contributed by atoms with Gasteiger partial charge in [-0.1, -0.05) is 0 Å². The summed E-state index contributed by atoms with van der Waals surface area (Å²) >= 11 is 0. The molecule has 1 saturated heterocycles. The molecule has 0 bridgehead atoms. The van der Waals surface area contributed by atoms with E-state index in [4.69, 9.17) is 4.74 Å². The van der Waals surface area contributed by atoms with Crippen LogP contribution in [0.5, 0.6) is 0 Å². The number of aliphatic imine (C=N–C) groups is 1. The van der Waals surface area contributed by atoms with Crippen LogP contribution in [0.1, 0.15) is 6.42 Å². The van der Waals surface area contributed by atoms with Crippen molar-refractivity contribution in [1.82, 2.24) is 5.32 Å². The average Bonchev–Trinajstić information content (AvgIpc) is 2.05. The zero-order valence-corrected chi connectivity index (χ0v) is 8.07. The van der Waals surface area contributed by atoms with Gasteiger partial charge in [0.2, 0.25) is 0 Å². The van der Waals surface area contributed by atoms with Crippen molar-refractivity contribution in [3.8, 4) is 0 Å². The van der Waals surface area contributed by atoms with Crippen molar-refractivity contribution in [2.75, 3.05) is 19.7 Å². The third kappa shape index (κ3) is 2.59. The molecule has 2 heterocycles. The lowest BCUT2D eigenvalue weighted by atomic mass is 10.1. The molecule has 0 aromatic heterocycles. The van der Waals surface area contributed by atoms with Crippen LogP contribution >= 0.6 is 0 Å². The summed E-state index contributed by atoms with van der Waals surface area (Å²) < 4.78 is 5.60. The largest absolute Gasteiger partial charge is 0.480 e. The van der Waals surface area contributed by atoms with E-state index >= 15 is 0 Å². The fourth-order valence-electron chi connectivity index (χ4n) is 1.27. The second-order valence-electron chi connectivity index (χ2n) is 3.44. The van der Waals surface area contributed by atoms with Crippen LogP contribution in [-0.2, 0) is 4.74 Å². The summed E-state index contributed by atoms with van der Waals surface area (Å²) in [5, 5.41) is 3.21. The number of rotatable bonds is 2. The van der Waals surface area contributed by atoms with Gasteiger partial charge in [0.15, 0.2) is 5.90 Å². The summed E-state index contributed by atoms with van der Waals surface area (Å²) in [6.07, 6.45) is 8.11. The van der Waals surface area contributed by atoms with Gasteiger partial charge >= 0.3 is 0 Å². The predicted octanol–water partition coefficient (Wildman–Crippen LogP) is 1.25. The first kappa shape index (κ1) is 9.25. The van der Waals surface area contributed by atoms with Gasteiger partial charge in [-0.25, -0.2) is 4.99 Å². The lowest BCUT2D eigenvalue weighted by molar-refractivity contribution is 0.187. The SMILES string of the molecule is C1=C/C=C\N=C(OCC2CNC2)CC=1. The van der Waals surface area contributed by atoms with Crippen LogP contribution in [0.25, 0.3) is 0 Å². The van der Waals surface area contributed by atoms with Crippen LogP contribution in [0, 0.1) is 5.92 Å². The number of hydrogen-bond acceptors (Lipinski definition) is 3. The summed E-state index contributed by atoms with van der Waals surface area (Å²) in [7, 11) is 0. The highest BCUT2D eigenvalue weighted by Gasteiger charge is 2.17. The monoisotopic (exact) mass is 190 g/mol. The third-order valence-corrected chi connectivity index (χ3v) is 2.24. The molecule has 0 atom stereocenters. The molecule has 0 aliphatic carbocycles. The highest BCUT2D eigenvalue weighted by molar-refractivity contribution is 5.78. The molecule has 2 rings (SSSR count). The van der Waals surface area contributed by atoms with Crippen LogP contribution in [0.2, 0.25) is 0 Å². The molecule has 0 aromatic carbocycles. The first-order valence-electron chi connectivity index (χ1n) is 4.91. The third-order valence-electron chi connectivity index (χ3n) is 2.24. The minimum Gasteiger partial charge on any atom is -0.480 e. The van der Waals surface area contributed by atoms with Gasteiger partial charge in [-0.2, -0.15) is 0 Å². The van der Waals surface area contributed by atoms with E-state index in [-0.39, 0.29) is 0 Å². The predicted molar refractivity (Wildman–Crippen MR) is 56.2 cm³/mol. The number of nitrogens with zero attached hydrogens (tertiary/aromatic N) is 1. The van der Waals surface area contributed by atoms with Crippen molar-refractivity contribution in [1.29, 1.82) is 0 Å². The number of hydrogen-bond donors (Lipinski definition) is 1. The lowest BCUT2D eigenvalue weighted by Crippen LogP contribution is -2.44. The summed E-state index contributed by atoms with van der Waals surface area (Å²) in [6.45, 7) is 2.91. The molecule has 0 radical (unpaired) electrons. The van der Waals surface area contributed by atoms with E-state index in [2.05, 4.69) is 16.0 Å². The Labute approximate surface area is 83.9 Å². The maximum absolute atomic E-state index is 5.60. The Morgan fingerprint density at radius 2 is 2.50 bits per heavy atom. The summed E-state index contributed by atoms with van der Waals surface area (Å²) in [5.41, 5.74) is 3.02. The average molecular weight is 190 g/mol. The molecule has 3 heteroatoms. The Morgan fingerprint density at radius 3 is 3.29 bits per heavy atom. The van der Waals surface area contributed by atoms with Crippen LogP contribution in [-0.4, -0.2) is 25.6 Å². The molecule has 0 unspecified atom stereocenters. The van der Waals surface area contributed by atoms with E-state index < -0.39 is 0 Å². The van der Waals surface area contributed by atoms with E-state index in [0.29, 0.717) is 5.92 Å². The molecule has 1 fully saturated rings. The highest BCUT2D eigenvalue weighted by atomic mass is 16.5. The molecule has 2 aliphatic heterocycles. The Kier molecular flexibility index (Phi) is 3.17. The van der Waals surface area contributed by atoms with Crippen LogP contribution in [0.3, 0.4) is 0 Å². The summed E-state index contributed by atoms with van der Waals surface area (Å²) in [5.74, 6) is 1.44. The van der Waals surface area contributed by atoms with Crippen molar-refractivity contribution in [2.45, 2.75) is 6.42 Å². The molecule has 0 spiro atoms. The second-order valence-corrected chi connectivity index (χ2v) is 3.44. The smallest absolute Gasteiger partial charge is 0.192 e. The van der Waals surface area contributed by atoms with Gasteiger partial charge in [-0.3, -0.25) is 0 Å². The molecular weight excluding hydrogens is 176 g/mol. The topological polar surface area (TPSA) is 33.6 Å². The van der Waals surface area contributed by atoms with E-state index in [1.54, 1.807) is 6.20 Å². The van der Waals surface area contributed by atoms with E-state index in [1.165, 1.54) is 0 Å². The molecular formula is C11H14N2O. The van der Waals surface area contributed by atoms with E-state index in [0.717, 1.165) is 32.0 Å². The minimum atomic E-state index is 0.659. The maximum atomic E-state index is 5.60. The molecule has 0 amide bonds. The molecule has 0 aromatic rings. The Morgan fingerprint density at radius 1 is 1.57 bits per heavy atom. The molecule has 2 aliphatic rings. The number of allylic oxidation sites excluding steroid dienone is 1. The van der Waals surface area contributed by atoms with Gasteiger partial charge in [-0.15, -0.1) is 5.73 Å². The first-order chi connectivity index (χ1) is 6.95. The van der Waals surface area contributed by atoms with Gasteiger partial charge in [0.25, 0.3) is 0 Å². The number of nitrogens with one attached hydrogen (secondary N) is 1. The van der Waals surface area contributed by atoms with Crippen LogP contribution < -0.4 is 5.32 Å². The minimum absolute atomic E-state index is 0.659. The molecule has 3 nitrogen and oxygen atoms in total. The maximum Gasteiger partial charge on any atom is 0.192 e. The number of ether oxygens (including phenoxy) is 1. The first-order valence-corrected chi connectivity index (χ1v) is 4.91. The second kappa shape index (κ2) is 4.80. The van der Waals surface area contributed by atoms with Crippen LogP contribution in [0.4, 0.5) is 0 Å². The lowest BCUT2D eigenvalue weighted by Gasteiger charge is -2.26. The molecule has 74 valence electrons. The van der Waals surface area contributed by atoms with Gasteiger partial charge in [0.05, 0.1) is 6.61 Å². The van der Waals surface area contributed by atoms with Gasteiger partial charge in [-0.05, 0) is 18.2 Å². The van der Waals surface area contributed by atoms with Gasteiger partial charge in [0, 0.05) is 31.6 Å². The standard InChI is InChI=1S/C11H14N2O/c1-2-4-6-13-11(5-3-1)14-9-10-7-12-8-10/h2-4,6,10,12H,5,7-9H2/b6-4-,13-11?. The Bertz CT molecular complexity index is 307. The molecule has 0 saturated carbocycles. The Hall–Kier alpha value is -1.31. The van der Waals surface area contributed by atoms with Crippen molar-refractivity contribution < 1.29 is 4.74 Å². The van der Waals surface area contributed by atoms with E-state index in [9.17, 15) is 0 Å². The van der Waals surface area contributed by atoms with Gasteiger partial charge < -0.3 is 10.1 Å². The summed E-state index contributed by atoms with van der Waals surface area (Å²) in [6, 6.07) is 0. The van der Waals surface area contributed by atoms with E-state index in [1.807, 2.05) is 18.2 Å². The quantitative estimate of drug-likeness (QED) is 0.665. The van der Waals surface area contributed by atoms with Gasteiger partial charge in [0.1, 0.15) is 0 Å². The summed E-state index contributed by atoms with van der Waals surface area (Å²) in [4.78, 5) is 4.20. The fraction of sp³-hybridized carbons (Fsp3) is 0.455. The van der Waals surface area contributed by atoms with Crippen molar-refractivity contribution in [2.24, 2.45) is 10.9 Å².